The van der Waals surface area contributed by atoms with Crippen molar-refractivity contribution in [3.63, 3.8) is 0 Å². The quantitative estimate of drug-likeness (QED) is 0.653. The molecule has 2 aromatic rings. The van der Waals surface area contributed by atoms with Gasteiger partial charge < -0.3 is 19.5 Å². The summed E-state index contributed by atoms with van der Waals surface area (Å²) in [6, 6.07) is 12.0. The molecule has 0 bridgehead atoms. The second kappa shape index (κ2) is 9.41. The van der Waals surface area contributed by atoms with Crippen LogP contribution in [0.2, 0.25) is 0 Å². The summed E-state index contributed by atoms with van der Waals surface area (Å²) in [7, 11) is 0. The lowest BCUT2D eigenvalue weighted by atomic mass is 9.89. The lowest BCUT2D eigenvalue weighted by Gasteiger charge is -2.38. The molecule has 5 heteroatoms. The minimum absolute atomic E-state index is 0.0389. The SMILES string of the molecule is CCOc1ccc(CCC(=O)NC2CC(C)(C)Oc3ccc(C)cc32)cc1OCC. The van der Waals surface area contributed by atoms with Crippen LogP contribution in [0.15, 0.2) is 36.4 Å². The molecule has 1 aliphatic rings. The predicted molar refractivity (Wildman–Crippen MR) is 118 cm³/mol. The Kier molecular flexibility index (Phi) is 6.91. The monoisotopic (exact) mass is 411 g/mol. The van der Waals surface area contributed by atoms with Gasteiger partial charge in [-0.2, -0.15) is 0 Å². The van der Waals surface area contributed by atoms with Gasteiger partial charge in [-0.3, -0.25) is 4.79 Å². The summed E-state index contributed by atoms with van der Waals surface area (Å²) in [5.74, 6) is 2.36. The standard InChI is InChI=1S/C25H33NO4/c1-6-28-22-12-9-18(15-23(22)29-7-2)10-13-24(27)26-20-16-25(4,5)30-21-11-8-17(3)14-19(20)21/h8-9,11-12,14-15,20H,6-7,10,13,16H2,1-5H3,(H,26,27). The highest BCUT2D eigenvalue weighted by molar-refractivity contribution is 5.77. The molecule has 0 saturated heterocycles. The fourth-order valence-corrected chi connectivity index (χ4v) is 3.88. The number of carbonyl (C=O) groups is 1. The largest absolute Gasteiger partial charge is 0.490 e. The van der Waals surface area contributed by atoms with E-state index in [9.17, 15) is 4.79 Å². The molecule has 0 spiro atoms. The van der Waals surface area contributed by atoms with E-state index in [4.69, 9.17) is 14.2 Å². The van der Waals surface area contributed by atoms with E-state index in [2.05, 4.69) is 32.2 Å². The van der Waals surface area contributed by atoms with Gasteiger partial charge in [-0.1, -0.05) is 23.8 Å². The number of nitrogens with one attached hydrogen (secondary N) is 1. The second-order valence-corrected chi connectivity index (χ2v) is 8.37. The van der Waals surface area contributed by atoms with E-state index in [1.54, 1.807) is 0 Å². The Labute approximate surface area is 179 Å². The van der Waals surface area contributed by atoms with Crippen LogP contribution in [0.1, 0.15) is 63.3 Å². The van der Waals surface area contributed by atoms with Crippen molar-refractivity contribution in [1.82, 2.24) is 5.32 Å². The lowest BCUT2D eigenvalue weighted by molar-refractivity contribution is -0.122. The summed E-state index contributed by atoms with van der Waals surface area (Å²) < 4.78 is 17.4. The lowest BCUT2D eigenvalue weighted by Crippen LogP contribution is -2.41. The number of carbonyl (C=O) groups excluding carboxylic acids is 1. The van der Waals surface area contributed by atoms with Crippen molar-refractivity contribution in [2.45, 2.75) is 65.5 Å². The third-order valence-electron chi connectivity index (χ3n) is 5.21. The Balaban J connectivity index is 1.66. The van der Waals surface area contributed by atoms with E-state index in [1.807, 2.05) is 44.2 Å². The molecule has 0 aromatic heterocycles. The van der Waals surface area contributed by atoms with Gasteiger partial charge in [0.15, 0.2) is 11.5 Å². The van der Waals surface area contributed by atoms with Crippen LogP contribution in [0.25, 0.3) is 0 Å². The maximum absolute atomic E-state index is 12.8. The summed E-state index contributed by atoms with van der Waals surface area (Å²) in [4.78, 5) is 12.8. The first-order valence-corrected chi connectivity index (χ1v) is 10.8. The van der Waals surface area contributed by atoms with Gasteiger partial charge in [0.05, 0.1) is 19.3 Å². The zero-order valence-corrected chi connectivity index (χ0v) is 18.7. The van der Waals surface area contributed by atoms with Crippen molar-refractivity contribution in [3.8, 4) is 17.2 Å². The van der Waals surface area contributed by atoms with Crippen molar-refractivity contribution in [3.05, 3.63) is 53.1 Å². The van der Waals surface area contributed by atoms with Crippen LogP contribution in [0, 0.1) is 6.92 Å². The average Bonchev–Trinajstić information content (AvgIpc) is 2.68. The Bertz CT molecular complexity index is 891. The summed E-state index contributed by atoms with van der Waals surface area (Å²) in [5, 5.41) is 3.22. The number of hydrogen-bond acceptors (Lipinski definition) is 4. The number of ether oxygens (including phenoxy) is 3. The van der Waals surface area contributed by atoms with Crippen LogP contribution >= 0.6 is 0 Å². The van der Waals surface area contributed by atoms with E-state index in [0.717, 1.165) is 40.4 Å². The van der Waals surface area contributed by atoms with Crippen LogP contribution in [-0.4, -0.2) is 24.7 Å². The summed E-state index contributed by atoms with van der Waals surface area (Å²) >= 11 is 0. The molecule has 0 radical (unpaired) electrons. The van der Waals surface area contributed by atoms with E-state index >= 15 is 0 Å². The van der Waals surface area contributed by atoms with Gasteiger partial charge in [0, 0.05) is 18.4 Å². The van der Waals surface area contributed by atoms with Crippen LogP contribution in [0.3, 0.4) is 0 Å². The molecule has 5 nitrogen and oxygen atoms in total. The molecule has 0 aliphatic carbocycles. The first-order valence-electron chi connectivity index (χ1n) is 10.8. The first kappa shape index (κ1) is 22.0. The molecular weight excluding hydrogens is 378 g/mol. The second-order valence-electron chi connectivity index (χ2n) is 8.37. The van der Waals surface area contributed by atoms with E-state index in [-0.39, 0.29) is 17.6 Å². The van der Waals surface area contributed by atoms with Gasteiger partial charge in [-0.05, 0) is 64.8 Å². The minimum Gasteiger partial charge on any atom is -0.490 e. The molecule has 2 aromatic carbocycles. The molecule has 1 atom stereocenters. The molecule has 3 rings (SSSR count). The molecular formula is C25H33NO4. The molecule has 30 heavy (non-hydrogen) atoms. The van der Waals surface area contributed by atoms with Gasteiger partial charge in [0.2, 0.25) is 5.91 Å². The molecule has 1 unspecified atom stereocenters. The highest BCUT2D eigenvalue weighted by Gasteiger charge is 2.34. The van der Waals surface area contributed by atoms with E-state index in [1.165, 1.54) is 0 Å². The zero-order valence-electron chi connectivity index (χ0n) is 18.7. The molecule has 0 fully saturated rings. The number of hydrogen-bond donors (Lipinski definition) is 1. The van der Waals surface area contributed by atoms with Crippen LogP contribution < -0.4 is 19.5 Å². The maximum atomic E-state index is 12.8. The topological polar surface area (TPSA) is 56.8 Å². The van der Waals surface area contributed by atoms with E-state index < -0.39 is 0 Å². The molecule has 1 aliphatic heterocycles. The van der Waals surface area contributed by atoms with Gasteiger partial charge in [-0.25, -0.2) is 0 Å². The Morgan fingerprint density at radius 1 is 1.10 bits per heavy atom. The number of rotatable bonds is 8. The third kappa shape index (κ3) is 5.47. The van der Waals surface area contributed by atoms with Gasteiger partial charge in [0.1, 0.15) is 11.4 Å². The van der Waals surface area contributed by atoms with Crippen molar-refractivity contribution in [2.24, 2.45) is 0 Å². The van der Waals surface area contributed by atoms with Crippen molar-refractivity contribution < 1.29 is 19.0 Å². The first-order chi connectivity index (χ1) is 14.3. The molecule has 0 saturated carbocycles. The smallest absolute Gasteiger partial charge is 0.220 e. The summed E-state index contributed by atoms with van der Waals surface area (Å²) in [5.41, 5.74) is 2.96. The van der Waals surface area contributed by atoms with Crippen molar-refractivity contribution >= 4 is 5.91 Å². The van der Waals surface area contributed by atoms with Gasteiger partial charge >= 0.3 is 0 Å². The average molecular weight is 412 g/mol. The summed E-state index contributed by atoms with van der Waals surface area (Å²) in [6.45, 7) is 11.2. The van der Waals surface area contributed by atoms with Crippen molar-refractivity contribution in [2.75, 3.05) is 13.2 Å². The van der Waals surface area contributed by atoms with Crippen LogP contribution in [0.4, 0.5) is 0 Å². The molecule has 1 amide bonds. The van der Waals surface area contributed by atoms with Gasteiger partial charge in [0.25, 0.3) is 0 Å². The maximum Gasteiger partial charge on any atom is 0.220 e. The fourth-order valence-electron chi connectivity index (χ4n) is 3.88. The Hall–Kier alpha value is -2.69. The Morgan fingerprint density at radius 3 is 2.57 bits per heavy atom. The van der Waals surface area contributed by atoms with Crippen LogP contribution in [-0.2, 0) is 11.2 Å². The number of amides is 1. The number of benzene rings is 2. The number of fused-ring (bicyclic) bond motifs is 1. The summed E-state index contributed by atoms with van der Waals surface area (Å²) in [6.07, 6.45) is 1.80. The molecule has 1 N–H and O–H groups in total. The van der Waals surface area contributed by atoms with Crippen molar-refractivity contribution in [1.29, 1.82) is 0 Å². The Morgan fingerprint density at radius 2 is 1.83 bits per heavy atom. The fraction of sp³-hybridized carbons (Fsp3) is 0.480. The predicted octanol–water partition coefficient (Wildman–Crippen LogP) is 5.14. The number of aryl methyl sites for hydroxylation is 2. The molecule has 162 valence electrons. The van der Waals surface area contributed by atoms with E-state index in [0.29, 0.717) is 26.1 Å². The van der Waals surface area contributed by atoms with Crippen LogP contribution in [0.5, 0.6) is 17.2 Å². The highest BCUT2D eigenvalue weighted by Crippen LogP contribution is 2.40. The normalized spacial score (nSPS) is 16.9. The molecule has 1 heterocycles. The zero-order chi connectivity index (χ0) is 21.7. The highest BCUT2D eigenvalue weighted by atomic mass is 16.5. The van der Waals surface area contributed by atoms with Gasteiger partial charge in [-0.15, -0.1) is 0 Å². The minimum atomic E-state index is -0.318. The third-order valence-corrected chi connectivity index (χ3v) is 5.21.